The fraction of sp³-hybridized carbons (Fsp3) is 0.400. The number of rotatable bonds is 0. The molecule has 0 amide bonds. The van der Waals surface area contributed by atoms with E-state index < -0.39 is 11.9 Å². The lowest BCUT2D eigenvalue weighted by Gasteiger charge is -2.01. The molecule has 1 aromatic rings. The summed E-state index contributed by atoms with van der Waals surface area (Å²) in [6.45, 7) is 1.48. The Hall–Kier alpha value is -0.780. The molecule has 0 aliphatic heterocycles. The Kier molecular flexibility index (Phi) is 1.79. The number of nitrogens with two attached hydrogens (primary N) is 1. The first-order chi connectivity index (χ1) is 4.91. The van der Waals surface area contributed by atoms with Gasteiger partial charge in [-0.25, -0.2) is 4.98 Å². The molecule has 1 rings (SSSR count). The van der Waals surface area contributed by atoms with Crippen molar-refractivity contribution in [2.24, 2.45) is 0 Å². The number of nitrogens with zero attached hydrogens (tertiary/aromatic N) is 1. The molecule has 2 N–H and O–H groups in total. The lowest BCUT2D eigenvalue weighted by atomic mass is 10.4. The Morgan fingerprint density at radius 2 is 2.00 bits per heavy atom. The predicted molar refractivity (Wildman–Crippen MR) is 36.3 cm³/mol. The summed E-state index contributed by atoms with van der Waals surface area (Å²) in [5, 5.41) is 0.0600. The maximum atomic E-state index is 11.9. The minimum absolute atomic E-state index is 0.269. The Morgan fingerprint density at radius 3 is 2.18 bits per heavy atom. The van der Waals surface area contributed by atoms with Gasteiger partial charge in [0.1, 0.15) is 5.00 Å². The minimum atomic E-state index is -4.42. The first kappa shape index (κ1) is 8.32. The fourth-order valence-corrected chi connectivity index (χ4v) is 1.36. The number of nitrogen functional groups attached to an aromatic ring is 1. The van der Waals surface area contributed by atoms with Gasteiger partial charge >= 0.3 is 6.18 Å². The van der Waals surface area contributed by atoms with Crippen LogP contribution in [-0.2, 0) is 6.18 Å². The standard InChI is InChI=1S/C5H5F3N2S/c1-2-10-3(4(9)11-2)5(6,7)8/h9H2,1H3. The quantitative estimate of drug-likeness (QED) is 0.666. The van der Waals surface area contributed by atoms with E-state index in [1.807, 2.05) is 0 Å². The number of hydrogen-bond acceptors (Lipinski definition) is 3. The molecule has 1 aromatic heterocycles. The number of alkyl halides is 3. The number of halogens is 3. The number of thiazole rings is 1. The van der Waals surface area contributed by atoms with E-state index in [0.29, 0.717) is 5.01 Å². The van der Waals surface area contributed by atoms with Crippen molar-refractivity contribution in [3.8, 4) is 0 Å². The second-order valence-electron chi connectivity index (χ2n) is 1.94. The van der Waals surface area contributed by atoms with Crippen molar-refractivity contribution in [3.63, 3.8) is 0 Å². The molecule has 0 bridgehead atoms. The molecule has 0 aliphatic carbocycles. The van der Waals surface area contributed by atoms with Gasteiger partial charge in [-0.1, -0.05) is 0 Å². The molecule has 0 unspecified atom stereocenters. The number of anilines is 1. The van der Waals surface area contributed by atoms with E-state index in [1.54, 1.807) is 0 Å². The Bertz CT molecular complexity index is 265. The van der Waals surface area contributed by atoms with Crippen LogP contribution in [-0.4, -0.2) is 4.98 Å². The third kappa shape index (κ3) is 1.62. The monoisotopic (exact) mass is 182 g/mol. The fourth-order valence-electron chi connectivity index (χ4n) is 0.646. The SMILES string of the molecule is Cc1nc(C(F)(F)F)c(N)s1. The number of aryl methyl sites for hydroxylation is 1. The van der Waals surface area contributed by atoms with E-state index in [0.717, 1.165) is 11.3 Å². The summed E-state index contributed by atoms with van der Waals surface area (Å²) >= 11 is 0.843. The molecule has 2 nitrogen and oxygen atoms in total. The van der Waals surface area contributed by atoms with Gasteiger partial charge in [0.2, 0.25) is 0 Å². The molecule has 1 heterocycles. The van der Waals surface area contributed by atoms with Gasteiger partial charge in [0.05, 0.1) is 5.01 Å². The summed E-state index contributed by atoms with van der Waals surface area (Å²) < 4.78 is 35.8. The molecule has 0 atom stereocenters. The van der Waals surface area contributed by atoms with Gasteiger partial charge in [-0.15, -0.1) is 11.3 Å². The second-order valence-corrected chi connectivity index (χ2v) is 3.18. The topological polar surface area (TPSA) is 38.9 Å². The van der Waals surface area contributed by atoms with Crippen molar-refractivity contribution in [3.05, 3.63) is 10.7 Å². The highest BCUT2D eigenvalue weighted by Crippen LogP contribution is 2.35. The highest BCUT2D eigenvalue weighted by Gasteiger charge is 2.36. The van der Waals surface area contributed by atoms with Crippen LogP contribution in [0.3, 0.4) is 0 Å². The van der Waals surface area contributed by atoms with E-state index in [2.05, 4.69) is 4.98 Å². The molecule has 11 heavy (non-hydrogen) atoms. The van der Waals surface area contributed by atoms with Crippen LogP contribution in [0.25, 0.3) is 0 Å². The summed E-state index contributed by atoms with van der Waals surface area (Å²) in [6.07, 6.45) is -4.42. The molecule has 0 saturated heterocycles. The average molecular weight is 182 g/mol. The lowest BCUT2D eigenvalue weighted by Crippen LogP contribution is -2.08. The number of hydrogen-bond donors (Lipinski definition) is 1. The van der Waals surface area contributed by atoms with Gasteiger partial charge < -0.3 is 5.73 Å². The van der Waals surface area contributed by atoms with Gasteiger partial charge in [-0.3, -0.25) is 0 Å². The number of aromatic nitrogens is 1. The molecule has 62 valence electrons. The zero-order chi connectivity index (χ0) is 8.65. The third-order valence-corrected chi connectivity index (χ3v) is 1.83. The summed E-state index contributed by atoms with van der Waals surface area (Å²) in [7, 11) is 0. The normalized spacial score (nSPS) is 12.0. The van der Waals surface area contributed by atoms with Crippen LogP contribution in [0.2, 0.25) is 0 Å². The van der Waals surface area contributed by atoms with E-state index in [1.165, 1.54) is 6.92 Å². The summed E-state index contributed by atoms with van der Waals surface area (Å²) in [5.41, 5.74) is 4.09. The van der Waals surface area contributed by atoms with Crippen LogP contribution < -0.4 is 5.73 Å². The van der Waals surface area contributed by atoms with E-state index in [9.17, 15) is 13.2 Å². The lowest BCUT2D eigenvalue weighted by molar-refractivity contribution is -0.140. The molecular formula is C5H5F3N2S. The van der Waals surface area contributed by atoms with Crippen molar-refractivity contribution >= 4 is 16.3 Å². The van der Waals surface area contributed by atoms with Crippen LogP contribution in [0.15, 0.2) is 0 Å². The Balaban J connectivity index is 3.13. The van der Waals surface area contributed by atoms with Crippen molar-refractivity contribution in [1.29, 1.82) is 0 Å². The molecule has 6 heteroatoms. The molecule has 0 fully saturated rings. The zero-order valence-electron chi connectivity index (χ0n) is 5.57. The predicted octanol–water partition coefficient (Wildman–Crippen LogP) is 2.05. The average Bonchev–Trinajstić information content (AvgIpc) is 2.08. The minimum Gasteiger partial charge on any atom is -0.389 e. The highest BCUT2D eigenvalue weighted by atomic mass is 32.1. The summed E-state index contributed by atoms with van der Waals surface area (Å²) in [6, 6.07) is 0. The van der Waals surface area contributed by atoms with Crippen LogP contribution in [0, 0.1) is 6.92 Å². The van der Waals surface area contributed by atoms with Crippen LogP contribution in [0.5, 0.6) is 0 Å². The van der Waals surface area contributed by atoms with Crippen LogP contribution >= 0.6 is 11.3 Å². The van der Waals surface area contributed by atoms with Crippen LogP contribution in [0.1, 0.15) is 10.7 Å². The van der Waals surface area contributed by atoms with Gasteiger partial charge in [-0.2, -0.15) is 13.2 Å². The molecule has 0 aliphatic rings. The van der Waals surface area contributed by atoms with Crippen molar-refractivity contribution in [2.75, 3.05) is 5.73 Å². The maximum absolute atomic E-state index is 11.9. The van der Waals surface area contributed by atoms with Crippen molar-refractivity contribution in [2.45, 2.75) is 13.1 Å². The highest BCUT2D eigenvalue weighted by molar-refractivity contribution is 7.15. The van der Waals surface area contributed by atoms with Crippen molar-refractivity contribution in [1.82, 2.24) is 4.98 Å². The second kappa shape index (κ2) is 2.37. The third-order valence-electron chi connectivity index (χ3n) is 1.03. The van der Waals surface area contributed by atoms with Gasteiger partial charge in [0, 0.05) is 0 Å². The molecule has 0 saturated carbocycles. The van der Waals surface area contributed by atoms with Gasteiger partial charge in [-0.05, 0) is 6.92 Å². The largest absolute Gasteiger partial charge is 0.436 e. The van der Waals surface area contributed by atoms with E-state index in [-0.39, 0.29) is 5.00 Å². The first-order valence-electron chi connectivity index (χ1n) is 2.71. The molecular weight excluding hydrogens is 177 g/mol. The Morgan fingerprint density at radius 1 is 1.45 bits per heavy atom. The smallest absolute Gasteiger partial charge is 0.389 e. The van der Waals surface area contributed by atoms with E-state index >= 15 is 0 Å². The van der Waals surface area contributed by atoms with Gasteiger partial charge in [0.25, 0.3) is 0 Å². The van der Waals surface area contributed by atoms with Crippen LogP contribution in [0.4, 0.5) is 18.2 Å². The molecule has 0 aromatic carbocycles. The zero-order valence-corrected chi connectivity index (χ0v) is 6.38. The van der Waals surface area contributed by atoms with Crippen molar-refractivity contribution < 1.29 is 13.2 Å². The first-order valence-corrected chi connectivity index (χ1v) is 3.53. The maximum Gasteiger partial charge on any atom is 0.436 e. The summed E-state index contributed by atoms with van der Waals surface area (Å²) in [4.78, 5) is 3.25. The molecule has 0 spiro atoms. The van der Waals surface area contributed by atoms with E-state index in [4.69, 9.17) is 5.73 Å². The van der Waals surface area contributed by atoms with Gasteiger partial charge in [0.15, 0.2) is 5.69 Å². The summed E-state index contributed by atoms with van der Waals surface area (Å²) in [5.74, 6) is 0. The molecule has 0 radical (unpaired) electrons. The Labute approximate surface area is 64.9 Å².